The van der Waals surface area contributed by atoms with Gasteiger partial charge in [0.2, 0.25) is 0 Å². The number of hydrogen-bond donors (Lipinski definition) is 2. The van der Waals surface area contributed by atoms with E-state index < -0.39 is 0 Å². The quantitative estimate of drug-likeness (QED) is 0.760. The lowest BCUT2D eigenvalue weighted by molar-refractivity contribution is 0.843. The molecule has 2 aromatic heterocycles. The molecular weight excluding hydrogens is 276 g/mol. The number of aromatic amines is 1. The minimum Gasteiger partial charge on any atom is -0.383 e. The van der Waals surface area contributed by atoms with Gasteiger partial charge < -0.3 is 5.73 Å². The van der Waals surface area contributed by atoms with Gasteiger partial charge >= 0.3 is 0 Å². The Kier molecular flexibility index (Phi) is 3.04. The van der Waals surface area contributed by atoms with E-state index in [1.165, 1.54) is 4.68 Å². The third-order valence-corrected chi connectivity index (χ3v) is 3.16. The van der Waals surface area contributed by atoms with Crippen LogP contribution in [0, 0.1) is 0 Å². The predicted molar refractivity (Wildman–Crippen MR) is 79.0 cm³/mol. The van der Waals surface area contributed by atoms with E-state index in [0.717, 1.165) is 0 Å². The van der Waals surface area contributed by atoms with Gasteiger partial charge in [-0.1, -0.05) is 29.8 Å². The van der Waals surface area contributed by atoms with Crippen molar-refractivity contribution >= 4 is 17.4 Å². The van der Waals surface area contributed by atoms with E-state index in [9.17, 15) is 4.79 Å². The molecule has 0 saturated carbocycles. The van der Waals surface area contributed by atoms with Crippen LogP contribution in [0.25, 0.3) is 16.9 Å². The standard InChI is InChI=1S/C14H11ClN4O/c15-10-5-3-4-9(8-10)12-13(16)19(18-14(12)20)11-6-1-2-7-17-11/h1-8H,16H2,(H,18,20). The molecule has 5 nitrogen and oxygen atoms in total. The van der Waals surface area contributed by atoms with Crippen molar-refractivity contribution in [3.05, 3.63) is 64.0 Å². The van der Waals surface area contributed by atoms with Crippen molar-refractivity contribution in [3.8, 4) is 16.9 Å². The van der Waals surface area contributed by atoms with Crippen LogP contribution in [0.2, 0.25) is 5.02 Å². The summed E-state index contributed by atoms with van der Waals surface area (Å²) < 4.78 is 1.46. The molecule has 0 aliphatic heterocycles. The van der Waals surface area contributed by atoms with Gasteiger partial charge in [0.1, 0.15) is 5.82 Å². The molecule has 0 fully saturated rings. The summed E-state index contributed by atoms with van der Waals surface area (Å²) in [4.78, 5) is 16.3. The molecule has 0 amide bonds. The Labute approximate surface area is 119 Å². The summed E-state index contributed by atoms with van der Waals surface area (Å²) in [5, 5.41) is 3.23. The predicted octanol–water partition coefficient (Wildman–Crippen LogP) is 2.46. The van der Waals surface area contributed by atoms with Crippen molar-refractivity contribution < 1.29 is 0 Å². The third-order valence-electron chi connectivity index (χ3n) is 2.93. The number of hydrogen-bond acceptors (Lipinski definition) is 3. The number of nitrogen functional groups attached to an aromatic ring is 1. The monoisotopic (exact) mass is 286 g/mol. The van der Waals surface area contributed by atoms with Crippen molar-refractivity contribution in [1.29, 1.82) is 0 Å². The van der Waals surface area contributed by atoms with Crippen LogP contribution >= 0.6 is 11.6 Å². The van der Waals surface area contributed by atoms with Gasteiger partial charge in [-0.15, -0.1) is 0 Å². The van der Waals surface area contributed by atoms with Gasteiger partial charge in [0.15, 0.2) is 5.82 Å². The topological polar surface area (TPSA) is 76.7 Å². The largest absolute Gasteiger partial charge is 0.383 e. The van der Waals surface area contributed by atoms with Gasteiger partial charge in [0.05, 0.1) is 5.56 Å². The Morgan fingerprint density at radius 1 is 1.20 bits per heavy atom. The Balaban J connectivity index is 2.20. The first-order valence-corrected chi connectivity index (χ1v) is 6.32. The Hall–Kier alpha value is -2.53. The van der Waals surface area contributed by atoms with Crippen LogP contribution in [0.5, 0.6) is 0 Å². The van der Waals surface area contributed by atoms with Gasteiger partial charge in [-0.25, -0.2) is 9.67 Å². The fraction of sp³-hybridized carbons (Fsp3) is 0. The highest BCUT2D eigenvalue weighted by Crippen LogP contribution is 2.25. The fourth-order valence-electron chi connectivity index (χ4n) is 2.04. The third kappa shape index (κ3) is 2.08. The van der Waals surface area contributed by atoms with Gasteiger partial charge in [-0.05, 0) is 29.8 Å². The SMILES string of the molecule is Nc1c(-c2cccc(Cl)c2)c(=O)[nH]n1-c1ccccn1. The molecule has 6 heteroatoms. The van der Waals surface area contributed by atoms with Crippen LogP contribution in [-0.4, -0.2) is 14.8 Å². The van der Waals surface area contributed by atoms with E-state index in [-0.39, 0.29) is 5.56 Å². The lowest BCUT2D eigenvalue weighted by atomic mass is 10.1. The molecule has 2 heterocycles. The molecule has 0 aliphatic rings. The summed E-state index contributed by atoms with van der Waals surface area (Å²) in [6.07, 6.45) is 1.63. The van der Waals surface area contributed by atoms with Crippen molar-refractivity contribution in [2.45, 2.75) is 0 Å². The summed E-state index contributed by atoms with van der Waals surface area (Å²) in [7, 11) is 0. The molecule has 0 atom stereocenters. The Morgan fingerprint density at radius 3 is 2.75 bits per heavy atom. The van der Waals surface area contributed by atoms with Crippen LogP contribution in [0.1, 0.15) is 0 Å². The summed E-state index contributed by atoms with van der Waals surface area (Å²) in [5.74, 6) is 0.853. The smallest absolute Gasteiger partial charge is 0.274 e. The van der Waals surface area contributed by atoms with Crippen molar-refractivity contribution in [2.24, 2.45) is 0 Å². The maximum Gasteiger partial charge on any atom is 0.274 e. The van der Waals surface area contributed by atoms with E-state index in [2.05, 4.69) is 10.1 Å². The maximum absolute atomic E-state index is 12.1. The molecule has 3 rings (SSSR count). The van der Waals surface area contributed by atoms with Gasteiger partial charge in [-0.3, -0.25) is 9.89 Å². The number of nitrogens with two attached hydrogens (primary N) is 1. The fourth-order valence-corrected chi connectivity index (χ4v) is 2.23. The zero-order chi connectivity index (χ0) is 14.1. The molecule has 1 aromatic carbocycles. The van der Waals surface area contributed by atoms with Crippen LogP contribution in [-0.2, 0) is 0 Å². The molecule has 0 unspecified atom stereocenters. The lowest BCUT2D eigenvalue weighted by Crippen LogP contribution is -2.06. The highest BCUT2D eigenvalue weighted by atomic mass is 35.5. The molecule has 3 aromatic rings. The molecule has 0 saturated heterocycles. The first kappa shape index (κ1) is 12.5. The number of rotatable bonds is 2. The number of nitrogens with zero attached hydrogens (tertiary/aromatic N) is 2. The molecule has 100 valence electrons. The Bertz CT molecular complexity index is 808. The van der Waals surface area contributed by atoms with Crippen LogP contribution < -0.4 is 11.3 Å². The van der Waals surface area contributed by atoms with E-state index in [4.69, 9.17) is 17.3 Å². The molecule has 3 N–H and O–H groups in total. The van der Waals surface area contributed by atoms with Crippen LogP contribution in [0.3, 0.4) is 0 Å². The zero-order valence-corrected chi connectivity index (χ0v) is 11.1. The second-order valence-electron chi connectivity index (χ2n) is 4.23. The summed E-state index contributed by atoms with van der Waals surface area (Å²) >= 11 is 5.95. The number of halogens is 1. The highest BCUT2D eigenvalue weighted by Gasteiger charge is 2.15. The van der Waals surface area contributed by atoms with Crippen LogP contribution in [0.4, 0.5) is 5.82 Å². The van der Waals surface area contributed by atoms with E-state index >= 15 is 0 Å². The number of H-pyrrole nitrogens is 1. The second kappa shape index (κ2) is 4.86. The van der Waals surface area contributed by atoms with Gasteiger partial charge in [-0.2, -0.15) is 0 Å². The molecule has 0 aliphatic carbocycles. The minimum absolute atomic E-state index is 0.282. The zero-order valence-electron chi connectivity index (χ0n) is 10.4. The lowest BCUT2D eigenvalue weighted by Gasteiger charge is -2.04. The molecule has 0 spiro atoms. The number of nitrogens with one attached hydrogen (secondary N) is 1. The van der Waals surface area contributed by atoms with E-state index in [1.807, 2.05) is 6.07 Å². The average molecular weight is 287 g/mol. The maximum atomic E-state index is 12.1. The van der Waals surface area contributed by atoms with E-state index in [0.29, 0.717) is 27.8 Å². The number of benzene rings is 1. The minimum atomic E-state index is -0.282. The summed E-state index contributed by atoms with van der Waals surface area (Å²) in [5.41, 5.74) is 6.84. The summed E-state index contributed by atoms with van der Waals surface area (Å²) in [6, 6.07) is 12.4. The molecule has 0 bridgehead atoms. The van der Waals surface area contributed by atoms with Crippen molar-refractivity contribution in [2.75, 3.05) is 5.73 Å². The van der Waals surface area contributed by atoms with Crippen molar-refractivity contribution in [3.63, 3.8) is 0 Å². The second-order valence-corrected chi connectivity index (χ2v) is 4.67. The number of anilines is 1. The molecule has 20 heavy (non-hydrogen) atoms. The molecular formula is C14H11ClN4O. The summed E-state index contributed by atoms with van der Waals surface area (Å²) in [6.45, 7) is 0. The first-order chi connectivity index (χ1) is 9.66. The van der Waals surface area contributed by atoms with E-state index in [1.54, 1.807) is 42.6 Å². The Morgan fingerprint density at radius 2 is 2.05 bits per heavy atom. The van der Waals surface area contributed by atoms with Crippen LogP contribution in [0.15, 0.2) is 53.5 Å². The van der Waals surface area contributed by atoms with Gasteiger partial charge in [0.25, 0.3) is 5.56 Å². The first-order valence-electron chi connectivity index (χ1n) is 5.94. The molecule has 0 radical (unpaired) electrons. The van der Waals surface area contributed by atoms with Gasteiger partial charge in [0, 0.05) is 11.2 Å². The number of aromatic nitrogens is 3. The normalized spacial score (nSPS) is 10.7. The average Bonchev–Trinajstić information content (AvgIpc) is 2.75. The highest BCUT2D eigenvalue weighted by molar-refractivity contribution is 6.30. The van der Waals surface area contributed by atoms with Crippen molar-refractivity contribution in [1.82, 2.24) is 14.8 Å². The number of pyridine rings is 1.